The lowest BCUT2D eigenvalue weighted by Gasteiger charge is -2.17. The Balaban J connectivity index is 1.60. The van der Waals surface area contributed by atoms with Gasteiger partial charge in [0.25, 0.3) is 0 Å². The van der Waals surface area contributed by atoms with Crippen molar-refractivity contribution in [3.05, 3.63) is 48.0 Å². The topological polar surface area (TPSA) is 85.9 Å². The minimum absolute atomic E-state index is 0.250. The van der Waals surface area contributed by atoms with E-state index in [0.29, 0.717) is 43.0 Å². The number of hydrogen-bond donors (Lipinski definition) is 2. The molecule has 29 heavy (non-hydrogen) atoms. The van der Waals surface area contributed by atoms with Gasteiger partial charge in [-0.05, 0) is 49.1 Å². The zero-order valence-electron chi connectivity index (χ0n) is 16.9. The normalized spacial score (nSPS) is 13.9. The van der Waals surface area contributed by atoms with Gasteiger partial charge in [-0.2, -0.15) is 0 Å². The molecule has 0 saturated heterocycles. The van der Waals surface area contributed by atoms with Gasteiger partial charge in [-0.15, -0.1) is 0 Å². The van der Waals surface area contributed by atoms with E-state index in [-0.39, 0.29) is 11.8 Å². The van der Waals surface area contributed by atoms with Crippen molar-refractivity contribution >= 4 is 17.5 Å². The average Bonchev–Trinajstić information content (AvgIpc) is 3.56. The van der Waals surface area contributed by atoms with Crippen LogP contribution in [0, 0.1) is 5.41 Å². The van der Waals surface area contributed by atoms with E-state index in [1.54, 1.807) is 32.4 Å². The average molecular weight is 398 g/mol. The number of carbonyl (C=O) groups is 2. The summed E-state index contributed by atoms with van der Waals surface area (Å²) < 4.78 is 15.7. The van der Waals surface area contributed by atoms with Gasteiger partial charge in [-0.1, -0.05) is 12.1 Å². The van der Waals surface area contributed by atoms with Crippen LogP contribution >= 0.6 is 0 Å². The number of amides is 2. The predicted molar refractivity (Wildman–Crippen MR) is 110 cm³/mol. The second kappa shape index (κ2) is 8.86. The van der Waals surface area contributed by atoms with Crippen molar-refractivity contribution in [3.63, 3.8) is 0 Å². The Morgan fingerprint density at radius 3 is 2.31 bits per heavy atom. The van der Waals surface area contributed by atoms with E-state index in [9.17, 15) is 9.59 Å². The highest BCUT2D eigenvalue weighted by Crippen LogP contribution is 2.47. The van der Waals surface area contributed by atoms with Gasteiger partial charge in [0, 0.05) is 12.6 Å². The van der Waals surface area contributed by atoms with E-state index in [2.05, 4.69) is 10.6 Å². The fourth-order valence-electron chi connectivity index (χ4n) is 3.15. The third-order valence-corrected chi connectivity index (χ3v) is 5.11. The molecule has 0 unspecified atom stereocenters. The van der Waals surface area contributed by atoms with Gasteiger partial charge in [0.1, 0.15) is 22.7 Å². The molecule has 0 atom stereocenters. The van der Waals surface area contributed by atoms with Crippen LogP contribution in [0.4, 0.5) is 5.69 Å². The van der Waals surface area contributed by atoms with Crippen LogP contribution in [0.15, 0.2) is 42.5 Å². The molecule has 0 spiro atoms. The van der Waals surface area contributed by atoms with Crippen molar-refractivity contribution in [2.45, 2.75) is 19.3 Å². The molecule has 3 rings (SSSR count). The van der Waals surface area contributed by atoms with Crippen LogP contribution in [0.1, 0.15) is 18.4 Å². The molecule has 154 valence electrons. The lowest BCUT2D eigenvalue weighted by molar-refractivity contribution is -0.134. The first-order chi connectivity index (χ1) is 14.0. The van der Waals surface area contributed by atoms with Crippen LogP contribution in [-0.2, 0) is 16.0 Å². The summed E-state index contributed by atoms with van der Waals surface area (Å²) in [5.41, 5.74) is 0.509. The first kappa shape index (κ1) is 20.5. The maximum absolute atomic E-state index is 12.8. The molecule has 2 amide bonds. The number of nitrogens with one attached hydrogen (secondary N) is 2. The van der Waals surface area contributed by atoms with Crippen molar-refractivity contribution in [1.82, 2.24) is 5.32 Å². The third kappa shape index (κ3) is 4.62. The van der Waals surface area contributed by atoms with E-state index < -0.39 is 5.41 Å². The largest absolute Gasteiger partial charge is 0.497 e. The van der Waals surface area contributed by atoms with Crippen molar-refractivity contribution in [1.29, 1.82) is 0 Å². The monoisotopic (exact) mass is 398 g/mol. The number of methoxy groups -OCH3 is 3. The molecule has 0 heterocycles. The van der Waals surface area contributed by atoms with Crippen LogP contribution < -0.4 is 24.8 Å². The highest BCUT2D eigenvalue weighted by atomic mass is 16.5. The molecule has 1 aliphatic rings. The maximum atomic E-state index is 12.8. The first-order valence-corrected chi connectivity index (χ1v) is 9.47. The second-order valence-electron chi connectivity index (χ2n) is 6.96. The molecule has 7 heteroatoms. The molecule has 1 aliphatic carbocycles. The zero-order chi connectivity index (χ0) is 20.9. The van der Waals surface area contributed by atoms with E-state index >= 15 is 0 Å². The van der Waals surface area contributed by atoms with E-state index in [1.165, 1.54) is 7.11 Å². The highest BCUT2D eigenvalue weighted by Gasteiger charge is 2.56. The molecule has 7 nitrogen and oxygen atoms in total. The second-order valence-corrected chi connectivity index (χ2v) is 6.96. The van der Waals surface area contributed by atoms with E-state index in [0.717, 1.165) is 11.3 Å². The molecule has 0 aromatic heterocycles. The summed E-state index contributed by atoms with van der Waals surface area (Å²) in [6, 6.07) is 12.8. The standard InChI is InChI=1S/C22H26N2O5/c1-27-16-6-4-5-15(13-16)9-12-23-20(25)22(10-11-22)21(26)24-18-14-17(28-2)7-8-19(18)29-3/h4-8,13-14H,9-12H2,1-3H3,(H,23,25)(H,24,26). The van der Waals surface area contributed by atoms with Crippen molar-refractivity contribution in [3.8, 4) is 17.2 Å². The van der Waals surface area contributed by atoms with Crippen LogP contribution in [0.2, 0.25) is 0 Å². The summed E-state index contributed by atoms with van der Waals surface area (Å²) in [6.07, 6.45) is 1.70. The summed E-state index contributed by atoms with van der Waals surface area (Å²) in [4.78, 5) is 25.5. The van der Waals surface area contributed by atoms with Crippen LogP contribution in [0.5, 0.6) is 17.2 Å². The van der Waals surface area contributed by atoms with Gasteiger partial charge in [0.2, 0.25) is 11.8 Å². The molecule has 0 bridgehead atoms. The summed E-state index contributed by atoms with van der Waals surface area (Å²) in [5.74, 6) is 1.30. The third-order valence-electron chi connectivity index (χ3n) is 5.11. The lowest BCUT2D eigenvalue weighted by Crippen LogP contribution is -2.40. The van der Waals surface area contributed by atoms with Gasteiger partial charge in [0.15, 0.2) is 0 Å². The van der Waals surface area contributed by atoms with Crippen molar-refractivity contribution in [2.75, 3.05) is 33.2 Å². The van der Waals surface area contributed by atoms with E-state index in [1.807, 2.05) is 24.3 Å². The summed E-state index contributed by atoms with van der Waals surface area (Å²) in [5, 5.41) is 5.71. The number of carbonyl (C=O) groups excluding carboxylic acids is 2. The number of rotatable bonds is 9. The van der Waals surface area contributed by atoms with Crippen molar-refractivity contribution < 1.29 is 23.8 Å². The Kier molecular flexibility index (Phi) is 6.26. The predicted octanol–water partition coefficient (Wildman–Crippen LogP) is 2.79. The first-order valence-electron chi connectivity index (χ1n) is 9.47. The summed E-state index contributed by atoms with van der Waals surface area (Å²) in [6.45, 7) is 0.448. The Hall–Kier alpha value is -3.22. The number of hydrogen-bond acceptors (Lipinski definition) is 5. The quantitative estimate of drug-likeness (QED) is 0.635. The minimum Gasteiger partial charge on any atom is -0.497 e. The molecular weight excluding hydrogens is 372 g/mol. The molecule has 2 aromatic carbocycles. The van der Waals surface area contributed by atoms with Gasteiger partial charge in [-0.25, -0.2) is 0 Å². The van der Waals surface area contributed by atoms with Gasteiger partial charge < -0.3 is 24.8 Å². The SMILES string of the molecule is COc1cccc(CCNC(=O)C2(C(=O)Nc3cc(OC)ccc3OC)CC2)c1. The fourth-order valence-corrected chi connectivity index (χ4v) is 3.15. The number of ether oxygens (including phenoxy) is 3. The summed E-state index contributed by atoms with van der Waals surface area (Å²) in [7, 11) is 4.69. The van der Waals surface area contributed by atoms with Crippen molar-refractivity contribution in [2.24, 2.45) is 5.41 Å². The molecule has 0 radical (unpaired) electrons. The van der Waals surface area contributed by atoms with Crippen LogP contribution in [-0.4, -0.2) is 39.7 Å². The molecular formula is C22H26N2O5. The molecule has 1 fully saturated rings. The smallest absolute Gasteiger partial charge is 0.240 e. The maximum Gasteiger partial charge on any atom is 0.240 e. The molecule has 1 saturated carbocycles. The molecule has 2 N–H and O–H groups in total. The van der Waals surface area contributed by atoms with Crippen LogP contribution in [0.3, 0.4) is 0 Å². The van der Waals surface area contributed by atoms with Gasteiger partial charge in [-0.3, -0.25) is 9.59 Å². The number of benzene rings is 2. The Labute approximate surface area is 170 Å². The van der Waals surface area contributed by atoms with E-state index in [4.69, 9.17) is 14.2 Å². The van der Waals surface area contributed by atoms with Gasteiger partial charge >= 0.3 is 0 Å². The lowest BCUT2D eigenvalue weighted by atomic mass is 10.0. The zero-order valence-corrected chi connectivity index (χ0v) is 16.9. The Morgan fingerprint density at radius 2 is 1.66 bits per heavy atom. The number of anilines is 1. The fraction of sp³-hybridized carbons (Fsp3) is 0.364. The highest BCUT2D eigenvalue weighted by molar-refractivity contribution is 6.13. The van der Waals surface area contributed by atoms with Crippen LogP contribution in [0.25, 0.3) is 0 Å². The van der Waals surface area contributed by atoms with Gasteiger partial charge in [0.05, 0.1) is 27.0 Å². The molecule has 0 aliphatic heterocycles. The molecule has 2 aromatic rings. The summed E-state index contributed by atoms with van der Waals surface area (Å²) >= 11 is 0. The Bertz CT molecular complexity index is 893. The minimum atomic E-state index is -1.03. The Morgan fingerprint density at radius 1 is 0.931 bits per heavy atom.